The number of halogens is 1. The minimum absolute atomic E-state index is 0.0333. The maximum absolute atomic E-state index is 13.3. The van der Waals surface area contributed by atoms with Crippen molar-refractivity contribution in [3.63, 3.8) is 0 Å². The quantitative estimate of drug-likeness (QED) is 0.700. The van der Waals surface area contributed by atoms with Gasteiger partial charge in [-0.05, 0) is 23.8 Å². The van der Waals surface area contributed by atoms with Gasteiger partial charge in [0.15, 0.2) is 15.0 Å². The molecule has 2 saturated heterocycles. The van der Waals surface area contributed by atoms with Crippen molar-refractivity contribution < 1.29 is 22.3 Å². The summed E-state index contributed by atoms with van der Waals surface area (Å²) in [5.41, 5.74) is 1.57. The minimum atomic E-state index is -3.13. The molecule has 2 aromatic carbocycles. The zero-order chi connectivity index (χ0) is 21.3. The maximum Gasteiger partial charge on any atom is 0.252 e. The molecule has 2 fully saturated rings. The second-order valence-electron chi connectivity index (χ2n) is 7.33. The van der Waals surface area contributed by atoms with E-state index in [-0.39, 0.29) is 40.9 Å². The lowest BCUT2D eigenvalue weighted by atomic mass is 10.1. The van der Waals surface area contributed by atoms with Gasteiger partial charge in [0.1, 0.15) is 11.6 Å². The number of rotatable bonds is 5. The molecule has 30 heavy (non-hydrogen) atoms. The van der Waals surface area contributed by atoms with Crippen molar-refractivity contribution >= 4 is 32.7 Å². The number of hydrogen-bond acceptors (Lipinski definition) is 5. The number of fused-ring (bicyclic) bond motifs is 1. The van der Waals surface area contributed by atoms with E-state index in [1.54, 1.807) is 25.3 Å². The predicted octanol–water partition coefficient (Wildman–Crippen LogP) is 2.67. The summed E-state index contributed by atoms with van der Waals surface area (Å²) in [6, 6.07) is 13.1. The van der Waals surface area contributed by atoms with Crippen LogP contribution in [0.5, 0.6) is 5.75 Å². The van der Waals surface area contributed by atoms with Crippen molar-refractivity contribution in [3.8, 4) is 5.75 Å². The van der Waals surface area contributed by atoms with E-state index in [2.05, 4.69) is 4.99 Å². The van der Waals surface area contributed by atoms with E-state index >= 15 is 0 Å². The van der Waals surface area contributed by atoms with Crippen LogP contribution in [0.3, 0.4) is 0 Å². The Morgan fingerprint density at radius 2 is 1.93 bits per heavy atom. The third-order valence-corrected chi connectivity index (χ3v) is 8.44. The van der Waals surface area contributed by atoms with Gasteiger partial charge in [0.2, 0.25) is 0 Å². The normalized spacial score (nSPS) is 23.5. The van der Waals surface area contributed by atoms with Crippen LogP contribution in [0.2, 0.25) is 0 Å². The van der Waals surface area contributed by atoms with Crippen LogP contribution in [0.4, 0.5) is 4.39 Å². The van der Waals surface area contributed by atoms with E-state index in [4.69, 9.17) is 4.74 Å². The molecule has 0 bridgehead atoms. The van der Waals surface area contributed by atoms with E-state index in [9.17, 15) is 17.6 Å². The van der Waals surface area contributed by atoms with Crippen LogP contribution in [0.15, 0.2) is 53.5 Å². The molecule has 2 aliphatic rings. The van der Waals surface area contributed by atoms with Gasteiger partial charge in [-0.1, -0.05) is 42.1 Å². The molecule has 2 aromatic rings. The lowest BCUT2D eigenvalue weighted by Gasteiger charge is -2.24. The van der Waals surface area contributed by atoms with Gasteiger partial charge in [0, 0.05) is 17.4 Å². The van der Waals surface area contributed by atoms with Crippen molar-refractivity contribution in [2.45, 2.75) is 24.3 Å². The predicted molar refractivity (Wildman–Crippen MR) is 115 cm³/mol. The Labute approximate surface area is 179 Å². The molecule has 0 spiro atoms. The highest BCUT2D eigenvalue weighted by Gasteiger charge is 2.48. The van der Waals surface area contributed by atoms with Gasteiger partial charge in [-0.2, -0.15) is 4.99 Å². The van der Waals surface area contributed by atoms with E-state index in [1.807, 2.05) is 23.1 Å². The average Bonchev–Trinajstić information content (AvgIpc) is 3.16. The highest BCUT2D eigenvalue weighted by molar-refractivity contribution is 8.15. The van der Waals surface area contributed by atoms with Gasteiger partial charge < -0.3 is 9.64 Å². The standard InChI is InChI=1S/C21H21FN2O4S2/c1-28-18-5-3-2-4-15(18)10-20(25)23-21-24(11-14-6-8-16(22)9-7-14)17-12-30(26,27)13-19(17)29-21/h2-9,17,19H,10-13H2,1H3/t17-,19-/m1/s1. The number of amides is 1. The number of sulfone groups is 1. The molecule has 0 aromatic heterocycles. The van der Waals surface area contributed by atoms with Gasteiger partial charge in [-0.25, -0.2) is 12.8 Å². The summed E-state index contributed by atoms with van der Waals surface area (Å²) in [7, 11) is -1.58. The topological polar surface area (TPSA) is 76.0 Å². The SMILES string of the molecule is COc1ccccc1CC(=O)N=C1S[C@@H]2CS(=O)(=O)C[C@H]2N1Cc1ccc(F)cc1. The molecule has 0 N–H and O–H groups in total. The number of hydrogen-bond donors (Lipinski definition) is 0. The molecule has 2 atom stereocenters. The summed E-state index contributed by atoms with van der Waals surface area (Å²) in [6.07, 6.45) is 0.0894. The Balaban J connectivity index is 1.58. The Kier molecular flexibility index (Phi) is 5.84. The Bertz CT molecular complexity index is 1090. The first kappa shape index (κ1) is 20.9. The monoisotopic (exact) mass is 448 g/mol. The third kappa shape index (κ3) is 4.52. The first-order chi connectivity index (χ1) is 14.3. The van der Waals surface area contributed by atoms with Crippen molar-refractivity contribution in [1.82, 2.24) is 4.90 Å². The van der Waals surface area contributed by atoms with E-state index in [1.165, 1.54) is 23.9 Å². The third-order valence-electron chi connectivity index (χ3n) is 5.20. The number of carbonyl (C=O) groups excluding carboxylic acids is 1. The molecule has 6 nitrogen and oxygen atoms in total. The number of methoxy groups -OCH3 is 1. The zero-order valence-electron chi connectivity index (χ0n) is 16.3. The molecule has 4 rings (SSSR count). The maximum atomic E-state index is 13.3. The second kappa shape index (κ2) is 8.39. The number of benzene rings is 2. The average molecular weight is 449 g/mol. The van der Waals surface area contributed by atoms with E-state index in [0.717, 1.165) is 11.1 Å². The molecule has 0 aliphatic carbocycles. The van der Waals surface area contributed by atoms with Crippen LogP contribution < -0.4 is 4.74 Å². The lowest BCUT2D eigenvalue weighted by Crippen LogP contribution is -2.37. The van der Waals surface area contributed by atoms with Gasteiger partial charge in [-0.15, -0.1) is 0 Å². The second-order valence-corrected chi connectivity index (χ2v) is 10.7. The highest BCUT2D eigenvalue weighted by atomic mass is 32.2. The molecule has 158 valence electrons. The Hall–Kier alpha value is -2.39. The van der Waals surface area contributed by atoms with Gasteiger partial charge in [-0.3, -0.25) is 4.79 Å². The summed E-state index contributed by atoms with van der Waals surface area (Å²) in [4.78, 5) is 18.9. The molecule has 0 radical (unpaired) electrons. The number of para-hydroxylation sites is 1. The fourth-order valence-electron chi connectivity index (χ4n) is 3.77. The van der Waals surface area contributed by atoms with Gasteiger partial charge in [0.05, 0.1) is 31.1 Å². The van der Waals surface area contributed by atoms with Gasteiger partial charge in [0.25, 0.3) is 5.91 Å². The number of carbonyl (C=O) groups is 1. The summed E-state index contributed by atoms with van der Waals surface area (Å²) in [5.74, 6) is 0.0648. The van der Waals surface area contributed by atoms with Crippen molar-refractivity contribution in [2.75, 3.05) is 18.6 Å². The van der Waals surface area contributed by atoms with E-state index in [0.29, 0.717) is 17.5 Å². The molecule has 0 saturated carbocycles. The molecular formula is C21H21FN2O4S2. The zero-order valence-corrected chi connectivity index (χ0v) is 18.0. The highest BCUT2D eigenvalue weighted by Crippen LogP contribution is 2.39. The molecular weight excluding hydrogens is 427 g/mol. The number of ether oxygens (including phenoxy) is 1. The van der Waals surface area contributed by atoms with Crippen LogP contribution in [0.25, 0.3) is 0 Å². The fraction of sp³-hybridized carbons (Fsp3) is 0.333. The van der Waals surface area contributed by atoms with Crippen LogP contribution in [-0.4, -0.2) is 54.3 Å². The Morgan fingerprint density at radius 1 is 1.20 bits per heavy atom. The minimum Gasteiger partial charge on any atom is -0.496 e. The summed E-state index contributed by atoms with van der Waals surface area (Å²) >= 11 is 1.33. The van der Waals surface area contributed by atoms with Crippen LogP contribution in [0.1, 0.15) is 11.1 Å². The fourth-order valence-corrected chi connectivity index (χ4v) is 7.73. The number of nitrogens with zero attached hydrogens (tertiary/aromatic N) is 2. The molecule has 9 heteroatoms. The summed E-state index contributed by atoms with van der Waals surface area (Å²) in [6.45, 7) is 0.366. The molecule has 2 aliphatic heterocycles. The summed E-state index contributed by atoms with van der Waals surface area (Å²) in [5, 5.41) is 0.359. The lowest BCUT2D eigenvalue weighted by molar-refractivity contribution is -0.117. The number of thioether (sulfide) groups is 1. The Morgan fingerprint density at radius 3 is 2.67 bits per heavy atom. The van der Waals surface area contributed by atoms with Gasteiger partial charge >= 0.3 is 0 Å². The van der Waals surface area contributed by atoms with Crippen LogP contribution in [0, 0.1) is 5.82 Å². The molecule has 2 heterocycles. The van der Waals surface area contributed by atoms with Crippen molar-refractivity contribution in [2.24, 2.45) is 4.99 Å². The largest absolute Gasteiger partial charge is 0.496 e. The smallest absolute Gasteiger partial charge is 0.252 e. The van der Waals surface area contributed by atoms with E-state index < -0.39 is 9.84 Å². The molecule has 1 amide bonds. The first-order valence-corrected chi connectivity index (χ1v) is 12.2. The van der Waals surface area contributed by atoms with Crippen molar-refractivity contribution in [1.29, 1.82) is 0 Å². The number of amidine groups is 1. The van der Waals surface area contributed by atoms with Crippen LogP contribution >= 0.6 is 11.8 Å². The first-order valence-electron chi connectivity index (χ1n) is 9.46. The molecule has 0 unspecified atom stereocenters. The number of aliphatic imine (C=N–C) groups is 1. The van der Waals surface area contributed by atoms with Crippen molar-refractivity contribution in [3.05, 3.63) is 65.5 Å². The van der Waals surface area contributed by atoms with Crippen LogP contribution in [-0.2, 0) is 27.6 Å². The summed E-state index contributed by atoms with van der Waals surface area (Å²) < 4.78 is 42.8.